The van der Waals surface area contributed by atoms with Crippen LogP contribution in [-0.4, -0.2) is 16.4 Å². The second-order valence-corrected chi connectivity index (χ2v) is 3.87. The van der Waals surface area contributed by atoms with Gasteiger partial charge in [0.05, 0.1) is 1.37 Å². The highest BCUT2D eigenvalue weighted by Crippen LogP contribution is 2.28. The maximum Gasteiger partial charge on any atom is 0.321 e. The molecule has 3 heteroatoms. The molecule has 1 aliphatic carbocycles. The standard InChI is InChI=1S/C9H15ClO2/c10-8(9(11)12)6-7-4-2-1-3-5-7/h7-8H,1-6H2,(H,11,12)/t8-/m1/s1/i8D. The molecule has 0 aromatic carbocycles. The molecule has 1 fully saturated rings. The third kappa shape index (κ3) is 3.02. The Bertz CT molecular complexity index is 188. The number of carboxylic acid groups (broad SMARTS) is 1. The first kappa shape index (κ1) is 8.36. The van der Waals surface area contributed by atoms with Gasteiger partial charge in [0.2, 0.25) is 0 Å². The van der Waals surface area contributed by atoms with Gasteiger partial charge in [0.15, 0.2) is 0 Å². The van der Waals surface area contributed by atoms with Crippen LogP contribution in [0.25, 0.3) is 0 Å². The van der Waals surface area contributed by atoms with E-state index in [9.17, 15) is 4.79 Å². The highest BCUT2D eigenvalue weighted by Gasteiger charge is 2.21. The summed E-state index contributed by atoms with van der Waals surface area (Å²) >= 11 is 5.57. The van der Waals surface area contributed by atoms with Crippen LogP contribution in [0.3, 0.4) is 0 Å². The van der Waals surface area contributed by atoms with Crippen LogP contribution in [-0.2, 0) is 4.79 Å². The van der Waals surface area contributed by atoms with E-state index in [0.717, 1.165) is 25.7 Å². The summed E-state index contributed by atoms with van der Waals surface area (Å²) in [5.74, 6) is -0.889. The summed E-state index contributed by atoms with van der Waals surface area (Å²) in [5.41, 5.74) is 0. The van der Waals surface area contributed by atoms with Crippen LogP contribution in [0.2, 0.25) is 0 Å². The molecule has 0 aliphatic heterocycles. The second-order valence-electron chi connectivity index (χ2n) is 3.42. The minimum absolute atomic E-state index is 0.282. The molecule has 0 radical (unpaired) electrons. The van der Waals surface area contributed by atoms with E-state index in [1.165, 1.54) is 6.42 Å². The predicted molar refractivity (Wildman–Crippen MR) is 48.5 cm³/mol. The van der Waals surface area contributed by atoms with Gasteiger partial charge in [-0.2, -0.15) is 0 Å². The van der Waals surface area contributed by atoms with Gasteiger partial charge in [0.1, 0.15) is 5.35 Å². The zero-order chi connectivity index (χ0) is 9.90. The highest BCUT2D eigenvalue weighted by molar-refractivity contribution is 6.29. The summed E-state index contributed by atoms with van der Waals surface area (Å²) in [5, 5.41) is 6.85. The number of hydrogen-bond acceptors (Lipinski definition) is 1. The first-order valence-electron chi connectivity index (χ1n) is 4.95. The van der Waals surface area contributed by atoms with Crippen molar-refractivity contribution in [3.05, 3.63) is 0 Å². The van der Waals surface area contributed by atoms with Crippen LogP contribution in [0.15, 0.2) is 0 Å². The first-order chi connectivity index (χ1) is 6.02. The number of carbonyl (C=O) groups is 1. The Morgan fingerprint density at radius 3 is 2.67 bits per heavy atom. The van der Waals surface area contributed by atoms with Gasteiger partial charge in [-0.05, 0) is 12.3 Å². The molecule has 70 valence electrons. The molecule has 0 heterocycles. The van der Waals surface area contributed by atoms with E-state index in [0.29, 0.717) is 5.92 Å². The van der Waals surface area contributed by atoms with Gasteiger partial charge in [-0.1, -0.05) is 32.1 Å². The monoisotopic (exact) mass is 191 g/mol. The van der Waals surface area contributed by atoms with Gasteiger partial charge in [-0.15, -0.1) is 11.6 Å². The maximum absolute atomic E-state index is 10.6. The van der Waals surface area contributed by atoms with E-state index >= 15 is 0 Å². The van der Waals surface area contributed by atoms with Crippen molar-refractivity contribution in [2.24, 2.45) is 5.92 Å². The smallest absolute Gasteiger partial charge is 0.321 e. The van der Waals surface area contributed by atoms with Crippen LogP contribution < -0.4 is 0 Å². The molecule has 1 aliphatic rings. The molecule has 1 saturated carbocycles. The summed E-state index contributed by atoms with van der Waals surface area (Å²) in [6, 6.07) is 0. The second kappa shape index (κ2) is 4.70. The molecule has 2 nitrogen and oxygen atoms in total. The molecule has 0 spiro atoms. The fourth-order valence-corrected chi connectivity index (χ4v) is 1.95. The zero-order valence-electron chi connectivity index (χ0n) is 8.05. The molecule has 12 heavy (non-hydrogen) atoms. The van der Waals surface area contributed by atoms with Crippen molar-refractivity contribution in [1.29, 1.82) is 0 Å². The molecule has 1 rings (SSSR count). The van der Waals surface area contributed by atoms with Crippen molar-refractivity contribution in [1.82, 2.24) is 0 Å². The largest absolute Gasteiger partial charge is 0.480 e. The number of alkyl halides is 1. The molecule has 0 unspecified atom stereocenters. The SMILES string of the molecule is [2H][C@@](Cl)(CC1CCCCC1)C(=O)O. The molecule has 0 aromatic heterocycles. The van der Waals surface area contributed by atoms with E-state index in [-0.39, 0.29) is 6.42 Å². The molecule has 0 bridgehead atoms. The van der Waals surface area contributed by atoms with Gasteiger partial charge < -0.3 is 5.11 Å². The Kier molecular flexibility index (Phi) is 3.28. The summed E-state index contributed by atoms with van der Waals surface area (Å²) < 4.78 is 7.38. The van der Waals surface area contributed by atoms with Crippen LogP contribution in [0.4, 0.5) is 0 Å². The molecule has 0 saturated heterocycles. The molecule has 1 atom stereocenters. The van der Waals surface area contributed by atoms with Gasteiger partial charge >= 0.3 is 5.97 Å². The quantitative estimate of drug-likeness (QED) is 0.697. The lowest BCUT2D eigenvalue weighted by Crippen LogP contribution is -2.19. The molecular formula is C9H15ClO2. The number of aliphatic carboxylic acids is 1. The average molecular weight is 192 g/mol. The van der Waals surface area contributed by atoms with Crippen molar-refractivity contribution in [3.63, 3.8) is 0 Å². The number of rotatable bonds is 3. The minimum atomic E-state index is -1.80. The van der Waals surface area contributed by atoms with Gasteiger partial charge in [0.25, 0.3) is 0 Å². The third-order valence-corrected chi connectivity index (χ3v) is 2.74. The van der Waals surface area contributed by atoms with Crippen molar-refractivity contribution in [2.45, 2.75) is 43.9 Å². The summed E-state index contributed by atoms with van der Waals surface area (Å²) in [6.07, 6.45) is 5.87. The van der Waals surface area contributed by atoms with Gasteiger partial charge in [-0.3, -0.25) is 4.79 Å². The molecular weight excluding hydrogens is 176 g/mol. The lowest BCUT2D eigenvalue weighted by Gasteiger charge is -2.22. The molecule has 1 N–H and O–H groups in total. The first-order valence-corrected chi connectivity index (χ1v) is 4.82. The van der Waals surface area contributed by atoms with Crippen molar-refractivity contribution >= 4 is 17.6 Å². The normalized spacial score (nSPS) is 25.9. The topological polar surface area (TPSA) is 37.3 Å². The van der Waals surface area contributed by atoms with Crippen LogP contribution in [0.5, 0.6) is 0 Å². The lowest BCUT2D eigenvalue weighted by molar-refractivity contribution is -0.137. The molecule has 0 amide bonds. The van der Waals surface area contributed by atoms with E-state index in [1.54, 1.807) is 0 Å². The van der Waals surface area contributed by atoms with Gasteiger partial charge in [0, 0.05) is 0 Å². The van der Waals surface area contributed by atoms with Crippen LogP contribution in [0.1, 0.15) is 39.9 Å². The predicted octanol–water partition coefficient (Wildman–Crippen LogP) is 2.65. The highest BCUT2D eigenvalue weighted by atomic mass is 35.5. The fraction of sp³-hybridized carbons (Fsp3) is 0.889. The number of halogens is 1. The van der Waals surface area contributed by atoms with Crippen molar-refractivity contribution in [2.75, 3.05) is 0 Å². The van der Waals surface area contributed by atoms with Crippen LogP contribution >= 0.6 is 11.6 Å². The lowest BCUT2D eigenvalue weighted by atomic mass is 9.86. The number of hydrogen-bond donors (Lipinski definition) is 1. The Morgan fingerprint density at radius 2 is 2.17 bits per heavy atom. The summed E-state index contributed by atoms with van der Waals surface area (Å²) in [7, 11) is 0. The average Bonchev–Trinajstić information content (AvgIpc) is 2.05. The van der Waals surface area contributed by atoms with Crippen molar-refractivity contribution < 1.29 is 11.3 Å². The van der Waals surface area contributed by atoms with E-state index in [2.05, 4.69) is 0 Å². The Balaban J connectivity index is 2.41. The summed E-state index contributed by atoms with van der Waals surface area (Å²) in [4.78, 5) is 10.6. The number of carboxylic acids is 1. The van der Waals surface area contributed by atoms with E-state index in [1.807, 2.05) is 0 Å². The fourth-order valence-electron chi connectivity index (χ4n) is 1.73. The summed E-state index contributed by atoms with van der Waals surface area (Å²) in [6.45, 7) is 0. The Labute approximate surface area is 79.3 Å². The van der Waals surface area contributed by atoms with Gasteiger partial charge in [-0.25, -0.2) is 0 Å². The Hall–Kier alpha value is -0.240. The van der Waals surface area contributed by atoms with E-state index < -0.39 is 11.3 Å². The third-order valence-electron chi connectivity index (χ3n) is 2.42. The minimum Gasteiger partial charge on any atom is -0.480 e. The van der Waals surface area contributed by atoms with Crippen molar-refractivity contribution in [3.8, 4) is 0 Å². The molecule has 0 aromatic rings. The maximum atomic E-state index is 10.6. The Morgan fingerprint density at radius 1 is 1.58 bits per heavy atom. The van der Waals surface area contributed by atoms with E-state index in [4.69, 9.17) is 18.1 Å². The zero-order valence-corrected chi connectivity index (χ0v) is 7.81. The van der Waals surface area contributed by atoms with Crippen LogP contribution in [0, 0.1) is 5.92 Å².